The van der Waals surface area contributed by atoms with Crippen molar-refractivity contribution < 1.29 is 0 Å². The largest absolute Gasteiger partial charge is 0.306 e. The fourth-order valence-electron chi connectivity index (χ4n) is 2.35. The zero-order valence-corrected chi connectivity index (χ0v) is 13.2. The molecule has 1 N–H and O–H groups in total. The van der Waals surface area contributed by atoms with E-state index in [0.717, 1.165) is 11.0 Å². The van der Waals surface area contributed by atoms with Gasteiger partial charge >= 0.3 is 0 Å². The molecular formula is C16H19BrN2. The number of pyridine rings is 1. The van der Waals surface area contributed by atoms with Crippen LogP contribution in [0.25, 0.3) is 0 Å². The number of nitrogens with zero attached hydrogens (tertiary/aromatic N) is 1. The predicted molar refractivity (Wildman–Crippen MR) is 83.4 cm³/mol. The van der Waals surface area contributed by atoms with Crippen molar-refractivity contribution in [1.29, 1.82) is 0 Å². The Labute approximate surface area is 123 Å². The van der Waals surface area contributed by atoms with E-state index in [2.05, 4.69) is 71.3 Å². The first-order chi connectivity index (χ1) is 9.11. The quantitative estimate of drug-likeness (QED) is 0.915. The SMILES string of the molecule is CCNC(c1cncc(Br)c1)c1ccc(C)cc1C. The van der Waals surface area contributed by atoms with Crippen molar-refractivity contribution in [2.75, 3.05) is 6.54 Å². The van der Waals surface area contributed by atoms with Crippen LogP contribution in [0.1, 0.15) is 35.2 Å². The lowest BCUT2D eigenvalue weighted by Gasteiger charge is -2.21. The molecule has 0 aliphatic carbocycles. The molecule has 1 aromatic heterocycles. The Morgan fingerprint density at radius 3 is 2.63 bits per heavy atom. The van der Waals surface area contributed by atoms with Gasteiger partial charge in [-0.2, -0.15) is 0 Å². The summed E-state index contributed by atoms with van der Waals surface area (Å²) in [7, 11) is 0. The Hall–Kier alpha value is -1.19. The first-order valence-electron chi connectivity index (χ1n) is 6.52. The van der Waals surface area contributed by atoms with E-state index in [0.29, 0.717) is 0 Å². The molecule has 3 heteroatoms. The number of hydrogen-bond donors (Lipinski definition) is 1. The first kappa shape index (κ1) is 14.2. The molecule has 0 radical (unpaired) electrons. The smallest absolute Gasteiger partial charge is 0.0594 e. The van der Waals surface area contributed by atoms with Gasteiger partial charge in [-0.1, -0.05) is 30.7 Å². The van der Waals surface area contributed by atoms with Crippen molar-refractivity contribution in [1.82, 2.24) is 10.3 Å². The van der Waals surface area contributed by atoms with Gasteiger partial charge in [0.25, 0.3) is 0 Å². The van der Waals surface area contributed by atoms with Gasteiger partial charge in [-0.3, -0.25) is 4.98 Å². The third-order valence-electron chi connectivity index (χ3n) is 3.20. The Morgan fingerprint density at radius 1 is 1.21 bits per heavy atom. The Kier molecular flexibility index (Phi) is 4.72. The highest BCUT2D eigenvalue weighted by atomic mass is 79.9. The van der Waals surface area contributed by atoms with E-state index in [-0.39, 0.29) is 6.04 Å². The van der Waals surface area contributed by atoms with E-state index >= 15 is 0 Å². The van der Waals surface area contributed by atoms with Gasteiger partial charge in [0.2, 0.25) is 0 Å². The molecule has 2 nitrogen and oxygen atoms in total. The minimum absolute atomic E-state index is 0.190. The zero-order chi connectivity index (χ0) is 13.8. The van der Waals surface area contributed by atoms with Crippen molar-refractivity contribution in [3.63, 3.8) is 0 Å². The fraction of sp³-hybridized carbons (Fsp3) is 0.312. The van der Waals surface area contributed by atoms with E-state index < -0.39 is 0 Å². The number of nitrogens with one attached hydrogen (secondary N) is 1. The van der Waals surface area contributed by atoms with Crippen LogP contribution in [0.3, 0.4) is 0 Å². The monoisotopic (exact) mass is 318 g/mol. The highest BCUT2D eigenvalue weighted by Gasteiger charge is 2.15. The van der Waals surface area contributed by atoms with Crippen LogP contribution in [0.5, 0.6) is 0 Å². The summed E-state index contributed by atoms with van der Waals surface area (Å²) in [5, 5.41) is 3.54. The van der Waals surface area contributed by atoms with Gasteiger partial charge in [-0.15, -0.1) is 0 Å². The number of benzene rings is 1. The van der Waals surface area contributed by atoms with Crippen LogP contribution in [0, 0.1) is 13.8 Å². The standard InChI is InChI=1S/C16H19BrN2/c1-4-19-16(13-8-14(17)10-18-9-13)15-6-5-11(2)7-12(15)3/h5-10,16,19H,4H2,1-3H3. The molecule has 2 rings (SSSR count). The van der Waals surface area contributed by atoms with Gasteiger partial charge in [-0.05, 0) is 59.1 Å². The van der Waals surface area contributed by atoms with Gasteiger partial charge in [0.05, 0.1) is 6.04 Å². The first-order valence-corrected chi connectivity index (χ1v) is 7.32. The molecule has 0 spiro atoms. The number of aromatic nitrogens is 1. The number of rotatable bonds is 4. The van der Waals surface area contributed by atoms with E-state index in [1.807, 2.05) is 12.4 Å². The summed E-state index contributed by atoms with van der Waals surface area (Å²) in [6.45, 7) is 7.34. The lowest BCUT2D eigenvalue weighted by Crippen LogP contribution is -2.23. The summed E-state index contributed by atoms with van der Waals surface area (Å²) in [4.78, 5) is 4.27. The second kappa shape index (κ2) is 6.31. The van der Waals surface area contributed by atoms with Gasteiger partial charge in [0.15, 0.2) is 0 Å². The summed E-state index contributed by atoms with van der Waals surface area (Å²) in [6, 6.07) is 8.91. The van der Waals surface area contributed by atoms with Crippen molar-refractivity contribution in [3.8, 4) is 0 Å². The lowest BCUT2D eigenvalue weighted by atomic mass is 9.95. The summed E-state index contributed by atoms with van der Waals surface area (Å²) in [6.07, 6.45) is 3.74. The molecule has 0 bridgehead atoms. The van der Waals surface area contributed by atoms with Crippen molar-refractivity contribution in [2.45, 2.75) is 26.8 Å². The normalized spacial score (nSPS) is 12.4. The molecule has 0 saturated carbocycles. The maximum Gasteiger partial charge on any atom is 0.0594 e. The summed E-state index contributed by atoms with van der Waals surface area (Å²) in [5.74, 6) is 0. The molecule has 0 saturated heterocycles. The van der Waals surface area contributed by atoms with Crippen LogP contribution >= 0.6 is 15.9 Å². The Morgan fingerprint density at radius 2 is 2.00 bits per heavy atom. The van der Waals surface area contributed by atoms with Crippen LogP contribution in [-0.4, -0.2) is 11.5 Å². The van der Waals surface area contributed by atoms with Crippen LogP contribution in [0.4, 0.5) is 0 Å². The number of hydrogen-bond acceptors (Lipinski definition) is 2. The molecule has 0 amide bonds. The van der Waals surface area contributed by atoms with Crippen LogP contribution < -0.4 is 5.32 Å². The Bertz CT molecular complexity index is 566. The molecule has 1 heterocycles. The predicted octanol–water partition coefficient (Wildman–Crippen LogP) is 4.16. The molecule has 1 atom stereocenters. The van der Waals surface area contributed by atoms with E-state index in [4.69, 9.17) is 0 Å². The summed E-state index contributed by atoms with van der Waals surface area (Å²) in [5.41, 5.74) is 5.10. The van der Waals surface area contributed by atoms with Crippen LogP contribution in [0.2, 0.25) is 0 Å². The zero-order valence-electron chi connectivity index (χ0n) is 11.6. The van der Waals surface area contributed by atoms with Crippen molar-refractivity contribution in [3.05, 3.63) is 63.4 Å². The average Bonchev–Trinajstić information content (AvgIpc) is 2.37. The van der Waals surface area contributed by atoms with E-state index in [1.54, 1.807) is 0 Å². The fourth-order valence-corrected chi connectivity index (χ4v) is 2.73. The number of aryl methyl sites for hydroxylation is 2. The second-order valence-corrected chi connectivity index (χ2v) is 5.70. The van der Waals surface area contributed by atoms with E-state index in [1.165, 1.54) is 22.3 Å². The summed E-state index contributed by atoms with van der Waals surface area (Å²) < 4.78 is 1.01. The Balaban J connectivity index is 2.45. The van der Waals surface area contributed by atoms with E-state index in [9.17, 15) is 0 Å². The van der Waals surface area contributed by atoms with Crippen LogP contribution in [-0.2, 0) is 0 Å². The average molecular weight is 319 g/mol. The molecule has 1 unspecified atom stereocenters. The maximum atomic E-state index is 4.27. The highest BCUT2D eigenvalue weighted by molar-refractivity contribution is 9.10. The lowest BCUT2D eigenvalue weighted by molar-refractivity contribution is 0.625. The minimum Gasteiger partial charge on any atom is -0.306 e. The molecule has 19 heavy (non-hydrogen) atoms. The van der Waals surface area contributed by atoms with Gasteiger partial charge < -0.3 is 5.32 Å². The van der Waals surface area contributed by atoms with Crippen LogP contribution in [0.15, 0.2) is 41.1 Å². The van der Waals surface area contributed by atoms with Gasteiger partial charge in [0.1, 0.15) is 0 Å². The molecule has 0 aliphatic rings. The highest BCUT2D eigenvalue weighted by Crippen LogP contribution is 2.26. The molecule has 100 valence electrons. The maximum absolute atomic E-state index is 4.27. The topological polar surface area (TPSA) is 24.9 Å². The van der Waals surface area contributed by atoms with Crippen molar-refractivity contribution >= 4 is 15.9 Å². The molecule has 1 aromatic carbocycles. The van der Waals surface area contributed by atoms with Crippen molar-refractivity contribution in [2.24, 2.45) is 0 Å². The van der Waals surface area contributed by atoms with Gasteiger partial charge in [-0.25, -0.2) is 0 Å². The minimum atomic E-state index is 0.190. The third kappa shape index (κ3) is 3.43. The third-order valence-corrected chi connectivity index (χ3v) is 3.64. The second-order valence-electron chi connectivity index (χ2n) is 4.79. The molecular weight excluding hydrogens is 300 g/mol. The molecule has 0 aliphatic heterocycles. The summed E-state index contributed by atoms with van der Waals surface area (Å²) >= 11 is 3.49. The molecule has 2 aromatic rings. The number of halogens is 1. The van der Waals surface area contributed by atoms with Gasteiger partial charge in [0, 0.05) is 16.9 Å². The molecule has 0 fully saturated rings.